The van der Waals surface area contributed by atoms with E-state index in [0.29, 0.717) is 17.8 Å². The number of fused-ring (bicyclic) bond motifs is 2. The van der Waals surface area contributed by atoms with Gasteiger partial charge < -0.3 is 9.47 Å². The topological polar surface area (TPSA) is 52.6 Å². The van der Waals surface area contributed by atoms with Gasteiger partial charge in [0.2, 0.25) is 0 Å². The third kappa shape index (κ3) is 7.33. The Bertz CT molecular complexity index is 709. The highest BCUT2D eigenvalue weighted by atomic mass is 16.6. The van der Waals surface area contributed by atoms with Gasteiger partial charge in [-0.25, -0.2) is 0 Å². The zero-order valence-corrected chi connectivity index (χ0v) is 26.2. The standard InChI is InChI=1S/C15H24O2.C14H24O2.2C2H6/c1-9(2)14(16)17-15(3)12-5-10-4-11(7-12)8-13(15)6-10;1-9(2)13(15)16-14(3,4)12-8-10-5-6-11(12)7-10;2*1-2/h9-13H,4-8H2,1-3H3;9-12H,5-8H2,1-4H3;2*1-2H3. The van der Waals surface area contributed by atoms with Crippen LogP contribution >= 0.6 is 0 Å². The third-order valence-electron chi connectivity index (χ3n) is 10.0. The van der Waals surface area contributed by atoms with Crippen LogP contribution in [0.5, 0.6) is 0 Å². The maximum absolute atomic E-state index is 11.9. The molecule has 4 nitrogen and oxygen atoms in total. The van der Waals surface area contributed by atoms with Crippen LogP contribution in [0.2, 0.25) is 0 Å². The lowest BCUT2D eigenvalue weighted by atomic mass is 9.50. The maximum Gasteiger partial charge on any atom is 0.308 e. The highest BCUT2D eigenvalue weighted by Gasteiger charge is 2.57. The van der Waals surface area contributed by atoms with Gasteiger partial charge in [0.15, 0.2) is 0 Å². The molecule has 0 aromatic rings. The zero-order valence-electron chi connectivity index (χ0n) is 26.2. The lowest BCUT2D eigenvalue weighted by Gasteiger charge is -2.59. The molecule has 0 amide bonds. The second-order valence-corrected chi connectivity index (χ2v) is 13.5. The van der Waals surface area contributed by atoms with Gasteiger partial charge in [-0.15, -0.1) is 0 Å². The average Bonchev–Trinajstić information content (AvgIpc) is 3.49. The minimum absolute atomic E-state index is 0.0000246. The first kappa shape index (κ1) is 32.2. The molecular formula is C33H60O4. The van der Waals surface area contributed by atoms with Crippen LogP contribution in [0.1, 0.15) is 134 Å². The van der Waals surface area contributed by atoms with Crippen molar-refractivity contribution in [2.45, 2.75) is 145 Å². The van der Waals surface area contributed by atoms with Gasteiger partial charge in [-0.1, -0.05) is 61.8 Å². The predicted octanol–water partition coefficient (Wildman–Crippen LogP) is 8.85. The van der Waals surface area contributed by atoms with E-state index in [0.717, 1.165) is 23.7 Å². The van der Waals surface area contributed by atoms with Crippen molar-refractivity contribution >= 4 is 11.9 Å². The van der Waals surface area contributed by atoms with Crippen molar-refractivity contribution < 1.29 is 19.1 Å². The van der Waals surface area contributed by atoms with Crippen LogP contribution in [0.4, 0.5) is 0 Å². The third-order valence-corrected chi connectivity index (χ3v) is 10.0. The van der Waals surface area contributed by atoms with Gasteiger partial charge >= 0.3 is 11.9 Å². The Morgan fingerprint density at radius 1 is 0.703 bits per heavy atom. The summed E-state index contributed by atoms with van der Waals surface area (Å²) in [5.41, 5.74) is -0.407. The fraction of sp³-hybridized carbons (Fsp3) is 0.939. The Kier molecular flexibility index (Phi) is 11.6. The molecule has 216 valence electrons. The van der Waals surface area contributed by atoms with Gasteiger partial charge in [-0.3, -0.25) is 9.59 Å². The largest absolute Gasteiger partial charge is 0.459 e. The van der Waals surface area contributed by atoms with Crippen LogP contribution in [0.15, 0.2) is 0 Å². The number of rotatable bonds is 5. The van der Waals surface area contributed by atoms with E-state index in [1.54, 1.807) is 0 Å². The average molecular weight is 521 g/mol. The number of ether oxygens (including phenoxy) is 2. The summed E-state index contributed by atoms with van der Waals surface area (Å²) in [5.74, 6) is 5.39. The van der Waals surface area contributed by atoms with Crippen molar-refractivity contribution in [2.75, 3.05) is 0 Å². The monoisotopic (exact) mass is 520 g/mol. The molecule has 4 heteroatoms. The summed E-state index contributed by atoms with van der Waals surface area (Å²) in [6.45, 7) is 22.1. The van der Waals surface area contributed by atoms with E-state index in [9.17, 15) is 9.59 Å². The van der Waals surface area contributed by atoms with Gasteiger partial charge in [0.05, 0.1) is 11.8 Å². The molecule has 6 aliphatic rings. The summed E-state index contributed by atoms with van der Waals surface area (Å²) in [5, 5.41) is 0. The number of hydrogen-bond acceptors (Lipinski definition) is 4. The smallest absolute Gasteiger partial charge is 0.308 e. The van der Waals surface area contributed by atoms with Crippen molar-refractivity contribution in [3.63, 3.8) is 0 Å². The second-order valence-electron chi connectivity index (χ2n) is 13.5. The summed E-state index contributed by atoms with van der Waals surface area (Å²) in [4.78, 5) is 23.6. The molecule has 3 unspecified atom stereocenters. The summed E-state index contributed by atoms with van der Waals surface area (Å²) < 4.78 is 11.6. The molecule has 6 saturated carbocycles. The Labute approximate surface area is 229 Å². The molecule has 37 heavy (non-hydrogen) atoms. The highest BCUT2D eigenvalue weighted by Crippen LogP contribution is 2.59. The fourth-order valence-electron chi connectivity index (χ4n) is 8.17. The minimum atomic E-state index is -0.263. The van der Waals surface area contributed by atoms with E-state index in [4.69, 9.17) is 9.47 Å². The van der Waals surface area contributed by atoms with E-state index in [1.165, 1.54) is 57.8 Å². The first-order valence-corrected chi connectivity index (χ1v) is 15.8. The maximum atomic E-state index is 11.9. The summed E-state index contributed by atoms with van der Waals surface area (Å²) >= 11 is 0. The van der Waals surface area contributed by atoms with E-state index >= 15 is 0 Å². The van der Waals surface area contributed by atoms with Gasteiger partial charge in [0, 0.05) is 5.92 Å². The van der Waals surface area contributed by atoms with Crippen LogP contribution in [-0.2, 0) is 19.1 Å². The first-order valence-electron chi connectivity index (χ1n) is 15.8. The van der Waals surface area contributed by atoms with Crippen LogP contribution in [0.3, 0.4) is 0 Å². The Hall–Kier alpha value is -1.06. The lowest BCUT2D eigenvalue weighted by molar-refractivity contribution is -0.206. The van der Waals surface area contributed by atoms with Crippen molar-refractivity contribution in [1.82, 2.24) is 0 Å². The van der Waals surface area contributed by atoms with E-state index in [1.807, 2.05) is 55.4 Å². The number of carbonyl (C=O) groups excluding carboxylic acids is 2. The minimum Gasteiger partial charge on any atom is -0.459 e. The molecule has 0 saturated heterocycles. The van der Waals surface area contributed by atoms with Crippen LogP contribution < -0.4 is 0 Å². The van der Waals surface area contributed by atoms with Gasteiger partial charge in [-0.05, 0) is 108 Å². The van der Waals surface area contributed by atoms with Crippen molar-refractivity contribution in [3.05, 3.63) is 0 Å². The molecule has 0 aliphatic heterocycles. The summed E-state index contributed by atoms with van der Waals surface area (Å²) in [7, 11) is 0. The van der Waals surface area contributed by atoms with Crippen molar-refractivity contribution in [3.8, 4) is 0 Å². The van der Waals surface area contributed by atoms with E-state index in [2.05, 4.69) is 20.8 Å². The number of esters is 2. The summed E-state index contributed by atoms with van der Waals surface area (Å²) in [6, 6.07) is 0. The molecule has 0 aromatic heterocycles. The molecule has 3 atom stereocenters. The van der Waals surface area contributed by atoms with Gasteiger partial charge in [0.25, 0.3) is 0 Å². The highest BCUT2D eigenvalue weighted by molar-refractivity contribution is 5.72. The van der Waals surface area contributed by atoms with Crippen LogP contribution in [0, 0.1) is 53.3 Å². The number of carbonyl (C=O) groups is 2. The molecule has 6 aliphatic carbocycles. The van der Waals surface area contributed by atoms with Gasteiger partial charge in [-0.2, -0.15) is 0 Å². The van der Waals surface area contributed by atoms with Crippen LogP contribution in [-0.4, -0.2) is 23.1 Å². The SMILES string of the molecule is CC.CC.CC(C)C(=O)OC(C)(C)C1CC2CCC1C2.CC(C)C(=O)OC1(C)C2CC3CC(C2)CC1C3. The normalized spacial score (nSPS) is 36.6. The van der Waals surface area contributed by atoms with Crippen molar-refractivity contribution in [1.29, 1.82) is 0 Å². The van der Waals surface area contributed by atoms with Crippen LogP contribution in [0.25, 0.3) is 0 Å². The second kappa shape index (κ2) is 13.3. The first-order chi connectivity index (χ1) is 17.4. The molecule has 0 radical (unpaired) electrons. The van der Waals surface area contributed by atoms with E-state index < -0.39 is 0 Å². The predicted molar refractivity (Wildman–Crippen MR) is 153 cm³/mol. The Balaban J connectivity index is 0.000000230. The number of hydrogen-bond donors (Lipinski definition) is 0. The quantitative estimate of drug-likeness (QED) is 0.340. The van der Waals surface area contributed by atoms with Crippen molar-refractivity contribution in [2.24, 2.45) is 53.3 Å². The molecule has 0 spiro atoms. The lowest BCUT2D eigenvalue weighted by Crippen LogP contribution is -2.58. The Morgan fingerprint density at radius 2 is 1.19 bits per heavy atom. The fourth-order valence-corrected chi connectivity index (χ4v) is 8.17. The molecule has 6 fully saturated rings. The molecule has 6 rings (SSSR count). The van der Waals surface area contributed by atoms with E-state index in [-0.39, 0.29) is 35.0 Å². The summed E-state index contributed by atoms with van der Waals surface area (Å²) in [6.07, 6.45) is 12.0. The molecule has 0 N–H and O–H groups in total. The molecule has 6 bridgehead atoms. The molecule has 0 heterocycles. The molecule has 0 aromatic carbocycles. The van der Waals surface area contributed by atoms with Gasteiger partial charge in [0.1, 0.15) is 11.2 Å². The molecular weight excluding hydrogens is 460 g/mol. The Morgan fingerprint density at radius 3 is 1.57 bits per heavy atom. The zero-order chi connectivity index (χ0) is 28.1.